The van der Waals surface area contributed by atoms with Gasteiger partial charge in [0.25, 0.3) is 0 Å². The molecule has 1 aromatic rings. The first kappa shape index (κ1) is 15.0. The van der Waals surface area contributed by atoms with Gasteiger partial charge in [0.2, 0.25) is 11.8 Å². The molecule has 1 rings (SSSR count). The zero-order valence-corrected chi connectivity index (χ0v) is 10.8. The van der Waals surface area contributed by atoms with Gasteiger partial charge < -0.3 is 20.9 Å². The molecule has 4 N–H and O–H groups in total. The molecule has 0 spiro atoms. The molecule has 0 radical (unpaired) electrons. The van der Waals surface area contributed by atoms with Crippen LogP contribution in [0.2, 0.25) is 0 Å². The molecule has 104 valence electrons. The van der Waals surface area contributed by atoms with Crippen LogP contribution >= 0.6 is 0 Å². The van der Waals surface area contributed by atoms with E-state index in [1.807, 2.05) is 31.2 Å². The molecule has 6 heteroatoms. The molecule has 0 aliphatic carbocycles. The molecule has 1 unspecified atom stereocenters. The minimum absolute atomic E-state index is 0.139. The van der Waals surface area contributed by atoms with Gasteiger partial charge in [-0.15, -0.1) is 0 Å². The van der Waals surface area contributed by atoms with Gasteiger partial charge >= 0.3 is 0 Å². The number of aliphatic hydroxyl groups excluding tert-OH is 1. The monoisotopic (exact) mass is 266 g/mol. The van der Waals surface area contributed by atoms with Crippen LogP contribution in [0.25, 0.3) is 0 Å². The summed E-state index contributed by atoms with van der Waals surface area (Å²) in [5.41, 5.74) is 5.84. The maximum Gasteiger partial charge on any atom is 0.248 e. The van der Waals surface area contributed by atoms with Crippen molar-refractivity contribution in [1.29, 1.82) is 0 Å². The highest BCUT2D eigenvalue weighted by molar-refractivity contribution is 5.80. The Bertz CT molecular complexity index is 448. The van der Waals surface area contributed by atoms with Crippen molar-refractivity contribution in [1.82, 2.24) is 5.32 Å². The van der Waals surface area contributed by atoms with Crippen LogP contribution in [0.3, 0.4) is 0 Å². The Morgan fingerprint density at radius 3 is 2.74 bits per heavy atom. The first-order chi connectivity index (χ1) is 9.00. The molecule has 1 atom stereocenters. The third-order valence-corrected chi connectivity index (χ3v) is 2.50. The summed E-state index contributed by atoms with van der Waals surface area (Å²) in [6.07, 6.45) is -1.22. The first-order valence-corrected chi connectivity index (χ1v) is 5.93. The van der Waals surface area contributed by atoms with E-state index in [2.05, 4.69) is 5.32 Å². The molecular formula is C13H18N2O4. The SMILES string of the molecule is Cc1ccccc1OCCC(=O)NCC(O)C(N)=O. The predicted octanol–water partition coefficient (Wildman–Crippen LogP) is -0.274. The highest BCUT2D eigenvalue weighted by atomic mass is 16.5. The molecular weight excluding hydrogens is 248 g/mol. The average molecular weight is 266 g/mol. The predicted molar refractivity (Wildman–Crippen MR) is 69.5 cm³/mol. The minimum Gasteiger partial charge on any atom is -0.493 e. The van der Waals surface area contributed by atoms with Gasteiger partial charge in [-0.3, -0.25) is 9.59 Å². The zero-order chi connectivity index (χ0) is 14.3. The number of nitrogens with one attached hydrogen (secondary N) is 1. The number of amides is 2. The average Bonchev–Trinajstić information content (AvgIpc) is 2.38. The van der Waals surface area contributed by atoms with Gasteiger partial charge in [-0.25, -0.2) is 0 Å². The number of benzene rings is 1. The van der Waals surface area contributed by atoms with Crippen molar-refractivity contribution in [2.45, 2.75) is 19.4 Å². The molecule has 0 fully saturated rings. The third kappa shape index (κ3) is 5.39. The molecule has 0 aliphatic rings. The quantitative estimate of drug-likeness (QED) is 0.632. The molecule has 19 heavy (non-hydrogen) atoms. The Balaban J connectivity index is 2.24. The molecule has 0 saturated carbocycles. The Morgan fingerprint density at radius 2 is 2.11 bits per heavy atom. The van der Waals surface area contributed by atoms with E-state index in [1.165, 1.54) is 0 Å². The Labute approximate surface area is 111 Å². The number of primary amides is 1. The van der Waals surface area contributed by atoms with Crippen molar-refractivity contribution in [2.75, 3.05) is 13.2 Å². The fraction of sp³-hybridized carbons (Fsp3) is 0.385. The summed E-state index contributed by atoms with van der Waals surface area (Å²) in [6, 6.07) is 7.49. The lowest BCUT2D eigenvalue weighted by molar-refractivity contribution is -0.127. The number of hydrogen-bond donors (Lipinski definition) is 3. The van der Waals surface area contributed by atoms with Crippen LogP contribution in [-0.4, -0.2) is 36.2 Å². The van der Waals surface area contributed by atoms with Crippen LogP contribution in [0, 0.1) is 6.92 Å². The third-order valence-electron chi connectivity index (χ3n) is 2.50. The summed E-state index contributed by atoms with van der Waals surface area (Å²) < 4.78 is 5.45. The number of aryl methyl sites for hydroxylation is 1. The summed E-state index contributed by atoms with van der Waals surface area (Å²) >= 11 is 0. The van der Waals surface area contributed by atoms with E-state index < -0.39 is 12.0 Å². The number of aliphatic hydroxyl groups is 1. The smallest absolute Gasteiger partial charge is 0.248 e. The van der Waals surface area contributed by atoms with Crippen LogP contribution < -0.4 is 15.8 Å². The highest BCUT2D eigenvalue weighted by Crippen LogP contribution is 2.15. The molecule has 0 aromatic heterocycles. The van der Waals surface area contributed by atoms with Crippen LogP contribution in [0.1, 0.15) is 12.0 Å². The summed E-state index contributed by atoms with van der Waals surface area (Å²) in [5, 5.41) is 11.5. The highest BCUT2D eigenvalue weighted by Gasteiger charge is 2.12. The second-order valence-electron chi connectivity index (χ2n) is 4.09. The van der Waals surface area contributed by atoms with Gasteiger partial charge in [-0.05, 0) is 18.6 Å². The van der Waals surface area contributed by atoms with E-state index in [0.717, 1.165) is 11.3 Å². The fourth-order valence-corrected chi connectivity index (χ4v) is 1.37. The summed E-state index contributed by atoms with van der Waals surface area (Å²) in [7, 11) is 0. The molecule has 2 amide bonds. The molecule has 0 aliphatic heterocycles. The summed E-state index contributed by atoms with van der Waals surface area (Å²) in [5.74, 6) is -0.446. The van der Waals surface area contributed by atoms with Crippen molar-refractivity contribution in [3.05, 3.63) is 29.8 Å². The molecule has 0 bridgehead atoms. The van der Waals surface area contributed by atoms with Crippen molar-refractivity contribution in [3.63, 3.8) is 0 Å². The largest absolute Gasteiger partial charge is 0.493 e. The van der Waals surface area contributed by atoms with Gasteiger partial charge in [0.15, 0.2) is 0 Å². The van der Waals surface area contributed by atoms with E-state index >= 15 is 0 Å². The van der Waals surface area contributed by atoms with Gasteiger partial charge in [-0.2, -0.15) is 0 Å². The van der Waals surface area contributed by atoms with Crippen molar-refractivity contribution in [3.8, 4) is 5.75 Å². The van der Waals surface area contributed by atoms with E-state index in [4.69, 9.17) is 15.6 Å². The molecule has 6 nitrogen and oxygen atoms in total. The minimum atomic E-state index is -1.36. The number of nitrogens with two attached hydrogens (primary N) is 1. The van der Waals surface area contributed by atoms with E-state index in [9.17, 15) is 9.59 Å². The second-order valence-corrected chi connectivity index (χ2v) is 4.09. The van der Waals surface area contributed by atoms with Gasteiger partial charge in [-0.1, -0.05) is 18.2 Å². The van der Waals surface area contributed by atoms with Crippen LogP contribution in [0.5, 0.6) is 5.75 Å². The standard InChI is InChI=1S/C13H18N2O4/c1-9-4-2-3-5-11(9)19-7-6-12(17)15-8-10(16)13(14)18/h2-5,10,16H,6-8H2,1H3,(H2,14,18)(H,15,17). The Kier molecular flexibility index (Phi) is 5.81. The molecule has 0 saturated heterocycles. The normalized spacial score (nSPS) is 11.7. The molecule has 1 aromatic carbocycles. The van der Waals surface area contributed by atoms with Crippen LogP contribution in [0.4, 0.5) is 0 Å². The first-order valence-electron chi connectivity index (χ1n) is 5.93. The van der Waals surface area contributed by atoms with E-state index in [-0.39, 0.29) is 25.5 Å². The lowest BCUT2D eigenvalue weighted by Gasteiger charge is -2.10. The van der Waals surface area contributed by atoms with Crippen LogP contribution in [-0.2, 0) is 9.59 Å². The number of rotatable bonds is 7. The molecule has 0 heterocycles. The van der Waals surface area contributed by atoms with Gasteiger partial charge in [0, 0.05) is 0 Å². The number of carbonyl (C=O) groups is 2. The van der Waals surface area contributed by atoms with Gasteiger partial charge in [0.1, 0.15) is 11.9 Å². The number of para-hydroxylation sites is 1. The maximum absolute atomic E-state index is 11.4. The van der Waals surface area contributed by atoms with E-state index in [1.54, 1.807) is 0 Å². The van der Waals surface area contributed by atoms with Crippen LogP contribution in [0.15, 0.2) is 24.3 Å². The fourth-order valence-electron chi connectivity index (χ4n) is 1.37. The Morgan fingerprint density at radius 1 is 1.42 bits per heavy atom. The van der Waals surface area contributed by atoms with E-state index in [0.29, 0.717) is 0 Å². The van der Waals surface area contributed by atoms with Crippen molar-refractivity contribution >= 4 is 11.8 Å². The van der Waals surface area contributed by atoms with Gasteiger partial charge in [0.05, 0.1) is 19.6 Å². The Hall–Kier alpha value is -2.08. The number of hydrogen-bond acceptors (Lipinski definition) is 4. The maximum atomic E-state index is 11.4. The number of ether oxygens (including phenoxy) is 1. The lowest BCUT2D eigenvalue weighted by Crippen LogP contribution is -2.40. The zero-order valence-electron chi connectivity index (χ0n) is 10.8. The number of carbonyl (C=O) groups excluding carboxylic acids is 2. The summed E-state index contributed by atoms with van der Waals surface area (Å²) in [6.45, 7) is 1.96. The summed E-state index contributed by atoms with van der Waals surface area (Å²) in [4.78, 5) is 21.9. The van der Waals surface area contributed by atoms with Crippen molar-refractivity contribution < 1.29 is 19.4 Å². The second kappa shape index (κ2) is 7.38. The lowest BCUT2D eigenvalue weighted by atomic mass is 10.2. The topological polar surface area (TPSA) is 102 Å². The van der Waals surface area contributed by atoms with Crippen molar-refractivity contribution in [2.24, 2.45) is 5.73 Å².